The van der Waals surface area contributed by atoms with E-state index in [-0.39, 0.29) is 19.1 Å². The van der Waals surface area contributed by atoms with Crippen LogP contribution in [0.15, 0.2) is 61.1 Å². The minimum Gasteiger partial charge on any atom is -0.479 e. The van der Waals surface area contributed by atoms with Crippen LogP contribution in [0.4, 0.5) is 0 Å². The van der Waals surface area contributed by atoms with E-state index in [1.807, 2.05) is 30.3 Å². The second-order valence-corrected chi connectivity index (χ2v) is 4.90. The fraction of sp³-hybridized carbons (Fsp3) is 0.105. The highest BCUT2D eigenvalue weighted by Gasteiger charge is 2.02. The summed E-state index contributed by atoms with van der Waals surface area (Å²) < 4.78 is 5.65. The summed E-state index contributed by atoms with van der Waals surface area (Å²) in [6, 6.07) is 13.0. The van der Waals surface area contributed by atoms with Gasteiger partial charge in [-0.3, -0.25) is 14.8 Å². The number of nitrogens with one attached hydrogen (secondary N) is 1. The van der Waals surface area contributed by atoms with Crippen LogP contribution in [-0.2, 0) is 0 Å². The molecule has 3 rings (SSSR count). The molecule has 0 bridgehead atoms. The fourth-order valence-corrected chi connectivity index (χ4v) is 2.14. The van der Waals surface area contributed by atoms with Crippen molar-refractivity contribution >= 4 is 16.8 Å². The van der Waals surface area contributed by atoms with Crippen molar-refractivity contribution in [1.29, 1.82) is 0 Å². The molecule has 0 aliphatic heterocycles. The number of aromatic nitrogens is 2. The largest absolute Gasteiger partial charge is 0.479 e. The zero-order valence-corrected chi connectivity index (χ0v) is 12.9. The van der Waals surface area contributed by atoms with Crippen molar-refractivity contribution in [2.45, 2.75) is 0 Å². The van der Waals surface area contributed by atoms with Gasteiger partial charge in [0.2, 0.25) is 0 Å². The molecule has 0 aliphatic carbocycles. The topological polar surface area (TPSA) is 64.1 Å². The molecule has 0 aliphatic rings. The molecule has 0 saturated carbocycles. The fourth-order valence-electron chi connectivity index (χ4n) is 2.14. The Morgan fingerprint density at radius 3 is 2.83 bits per heavy atom. The Hall–Kier alpha value is -3.39. The van der Waals surface area contributed by atoms with Crippen molar-refractivity contribution in [2.75, 3.05) is 13.2 Å². The second kappa shape index (κ2) is 7.75. The lowest BCUT2D eigenvalue weighted by Gasteiger charge is -2.05. The first-order chi connectivity index (χ1) is 11.8. The number of carbonyl (C=O) groups is 1. The molecule has 2 heterocycles. The highest BCUT2D eigenvalue weighted by Crippen LogP contribution is 2.22. The highest BCUT2D eigenvalue weighted by molar-refractivity contribution is 5.93. The van der Waals surface area contributed by atoms with Crippen LogP contribution in [0.25, 0.3) is 10.9 Å². The Kier molecular flexibility index (Phi) is 5.00. The number of para-hydroxylation sites is 1. The van der Waals surface area contributed by atoms with Gasteiger partial charge in [-0.2, -0.15) is 0 Å². The average Bonchev–Trinajstić information content (AvgIpc) is 2.65. The van der Waals surface area contributed by atoms with E-state index in [0.717, 1.165) is 10.9 Å². The Bertz CT molecular complexity index is 893. The van der Waals surface area contributed by atoms with E-state index in [9.17, 15) is 4.79 Å². The first-order valence-corrected chi connectivity index (χ1v) is 7.45. The van der Waals surface area contributed by atoms with E-state index in [4.69, 9.17) is 4.74 Å². The van der Waals surface area contributed by atoms with Gasteiger partial charge in [-0.25, -0.2) is 0 Å². The predicted octanol–water partition coefficient (Wildman–Crippen LogP) is 2.44. The Labute approximate surface area is 139 Å². The molecule has 0 unspecified atom stereocenters. The van der Waals surface area contributed by atoms with Crippen LogP contribution in [0.2, 0.25) is 0 Å². The van der Waals surface area contributed by atoms with Gasteiger partial charge in [0.05, 0.1) is 12.1 Å². The van der Waals surface area contributed by atoms with Crippen molar-refractivity contribution in [1.82, 2.24) is 15.3 Å². The van der Waals surface area contributed by atoms with Gasteiger partial charge in [0.15, 0.2) is 0 Å². The maximum Gasteiger partial charge on any atom is 0.253 e. The van der Waals surface area contributed by atoms with Crippen molar-refractivity contribution in [3.63, 3.8) is 0 Å². The molecular formula is C19H15N3O2. The van der Waals surface area contributed by atoms with Crippen LogP contribution >= 0.6 is 0 Å². The highest BCUT2D eigenvalue weighted by atomic mass is 16.5. The number of benzene rings is 1. The number of nitrogens with zero attached hydrogens (tertiary/aromatic N) is 2. The number of pyridine rings is 2. The number of carbonyl (C=O) groups excluding carboxylic acids is 1. The molecule has 1 N–H and O–H groups in total. The summed E-state index contributed by atoms with van der Waals surface area (Å²) in [5.41, 5.74) is 1.32. The van der Waals surface area contributed by atoms with Crippen LogP contribution in [-0.4, -0.2) is 29.0 Å². The van der Waals surface area contributed by atoms with Gasteiger partial charge in [0.25, 0.3) is 5.91 Å². The van der Waals surface area contributed by atoms with Crippen LogP contribution in [0.1, 0.15) is 10.4 Å². The van der Waals surface area contributed by atoms with Crippen LogP contribution in [0.3, 0.4) is 0 Å². The lowest BCUT2D eigenvalue weighted by Crippen LogP contribution is -2.23. The summed E-state index contributed by atoms with van der Waals surface area (Å²) in [4.78, 5) is 20.0. The predicted molar refractivity (Wildman–Crippen MR) is 91.6 cm³/mol. The molecule has 0 atom stereocenters. The van der Waals surface area contributed by atoms with Gasteiger partial charge in [-0.15, -0.1) is 0 Å². The maximum atomic E-state index is 11.8. The van der Waals surface area contributed by atoms with E-state index in [1.54, 1.807) is 24.5 Å². The lowest BCUT2D eigenvalue weighted by molar-refractivity contribution is 0.0958. The number of ether oxygens (including phenoxy) is 1. The first-order valence-electron chi connectivity index (χ1n) is 7.45. The molecule has 0 saturated heterocycles. The number of hydrogen-bond donors (Lipinski definition) is 1. The van der Waals surface area contributed by atoms with Gasteiger partial charge >= 0.3 is 0 Å². The molecule has 24 heavy (non-hydrogen) atoms. The molecule has 118 valence electrons. The lowest BCUT2D eigenvalue weighted by atomic mass is 10.2. The van der Waals surface area contributed by atoms with E-state index in [2.05, 4.69) is 27.1 Å². The van der Waals surface area contributed by atoms with E-state index in [1.165, 1.54) is 6.20 Å². The monoisotopic (exact) mass is 317 g/mol. The van der Waals surface area contributed by atoms with E-state index in [0.29, 0.717) is 11.3 Å². The molecule has 2 aromatic heterocycles. The smallest absolute Gasteiger partial charge is 0.253 e. The van der Waals surface area contributed by atoms with Crippen molar-refractivity contribution < 1.29 is 9.53 Å². The summed E-state index contributed by atoms with van der Waals surface area (Å²) in [6.45, 7) is 0.489. The molecule has 5 nitrogen and oxygen atoms in total. The van der Waals surface area contributed by atoms with Gasteiger partial charge < -0.3 is 10.1 Å². The Balaban J connectivity index is 1.50. The zero-order valence-electron chi connectivity index (χ0n) is 12.9. The van der Waals surface area contributed by atoms with Crippen LogP contribution in [0, 0.1) is 11.8 Å². The number of fused-ring (bicyclic) bond motifs is 1. The number of hydrogen-bond acceptors (Lipinski definition) is 4. The first kappa shape index (κ1) is 15.5. The molecular weight excluding hydrogens is 302 g/mol. The molecule has 0 fully saturated rings. The van der Waals surface area contributed by atoms with Crippen LogP contribution < -0.4 is 10.1 Å². The van der Waals surface area contributed by atoms with Crippen molar-refractivity contribution in [3.05, 3.63) is 66.6 Å². The summed E-state index contributed by atoms with van der Waals surface area (Å²) >= 11 is 0. The third-order valence-corrected chi connectivity index (χ3v) is 3.28. The Morgan fingerprint density at radius 1 is 1.08 bits per heavy atom. The van der Waals surface area contributed by atoms with Gasteiger partial charge in [0.1, 0.15) is 17.9 Å². The SMILES string of the molecule is O=C(NCC#CCOc1cccc2cccnc12)c1cccnc1. The molecule has 1 aromatic carbocycles. The van der Waals surface area contributed by atoms with Gasteiger partial charge in [-0.05, 0) is 24.3 Å². The third kappa shape index (κ3) is 3.87. The van der Waals surface area contributed by atoms with E-state index < -0.39 is 0 Å². The summed E-state index contributed by atoms with van der Waals surface area (Å²) in [5, 5.41) is 3.73. The summed E-state index contributed by atoms with van der Waals surface area (Å²) in [5.74, 6) is 6.23. The molecule has 5 heteroatoms. The molecule has 0 spiro atoms. The average molecular weight is 317 g/mol. The normalized spacial score (nSPS) is 9.83. The van der Waals surface area contributed by atoms with Crippen LogP contribution in [0.5, 0.6) is 5.75 Å². The zero-order chi connectivity index (χ0) is 16.6. The van der Waals surface area contributed by atoms with Crippen molar-refractivity contribution in [2.24, 2.45) is 0 Å². The number of amides is 1. The second-order valence-electron chi connectivity index (χ2n) is 4.90. The number of rotatable bonds is 4. The molecule has 0 radical (unpaired) electrons. The van der Waals surface area contributed by atoms with E-state index >= 15 is 0 Å². The minimum atomic E-state index is -0.198. The van der Waals surface area contributed by atoms with Crippen molar-refractivity contribution in [3.8, 4) is 17.6 Å². The molecule has 3 aromatic rings. The minimum absolute atomic E-state index is 0.198. The van der Waals surface area contributed by atoms with Gasteiger partial charge in [-0.1, -0.05) is 30.0 Å². The Morgan fingerprint density at radius 2 is 1.96 bits per heavy atom. The van der Waals surface area contributed by atoms with Gasteiger partial charge in [0, 0.05) is 24.0 Å². The third-order valence-electron chi connectivity index (χ3n) is 3.28. The summed E-state index contributed by atoms with van der Waals surface area (Å²) in [6.07, 6.45) is 4.87. The maximum absolute atomic E-state index is 11.8. The summed E-state index contributed by atoms with van der Waals surface area (Å²) in [7, 11) is 0. The quantitative estimate of drug-likeness (QED) is 0.751. The molecule has 1 amide bonds. The standard InChI is InChI=1S/C19H15N3O2/c23-19(16-8-4-10-20-14-16)22-11-1-2-13-24-17-9-3-6-15-7-5-12-21-18(15)17/h3-10,12,14H,11,13H2,(H,22,23).